The lowest BCUT2D eigenvalue weighted by molar-refractivity contribution is 0.320. The van der Waals surface area contributed by atoms with Crippen LogP contribution < -0.4 is 0 Å². The first-order valence-corrected chi connectivity index (χ1v) is 11.6. The highest BCUT2D eigenvalue weighted by molar-refractivity contribution is 8.14. The summed E-state index contributed by atoms with van der Waals surface area (Å²) >= 11 is 1.89. The zero-order valence-corrected chi connectivity index (χ0v) is 18.9. The van der Waals surface area contributed by atoms with E-state index in [1.165, 1.54) is 33.4 Å². The first-order chi connectivity index (χ1) is 14.6. The number of amidine groups is 1. The molecule has 4 nitrogen and oxygen atoms in total. The first-order valence-electron chi connectivity index (χ1n) is 10.8. The van der Waals surface area contributed by atoms with E-state index < -0.39 is 0 Å². The molecule has 0 bridgehead atoms. The molecule has 154 valence electrons. The predicted molar refractivity (Wildman–Crippen MR) is 126 cm³/mol. The molecule has 1 aromatic carbocycles. The van der Waals surface area contributed by atoms with Crippen molar-refractivity contribution in [3.05, 3.63) is 82.9 Å². The second kappa shape index (κ2) is 7.62. The van der Waals surface area contributed by atoms with E-state index in [-0.39, 0.29) is 12.1 Å². The molecule has 0 radical (unpaired) electrons. The number of aliphatic imine (C=N–C) groups is 1. The third kappa shape index (κ3) is 3.16. The SMILES string of the molecule is CCc1ccc(-n2c(C)cc([C@@H]3[C@H](c4ccccn4)N=C4S[C@@H](C)CN43)c2C)cc1. The number of hydrogen-bond donors (Lipinski definition) is 0. The van der Waals surface area contributed by atoms with Crippen LogP contribution in [0.3, 0.4) is 0 Å². The number of pyridine rings is 1. The Morgan fingerprint density at radius 1 is 1.10 bits per heavy atom. The van der Waals surface area contributed by atoms with Crippen LogP contribution in [0.25, 0.3) is 5.69 Å². The number of thioether (sulfide) groups is 1. The Bertz CT molecular complexity index is 1080. The van der Waals surface area contributed by atoms with Gasteiger partial charge in [0.2, 0.25) is 0 Å². The van der Waals surface area contributed by atoms with Gasteiger partial charge >= 0.3 is 0 Å². The predicted octanol–water partition coefficient (Wildman–Crippen LogP) is 5.64. The summed E-state index contributed by atoms with van der Waals surface area (Å²) in [5, 5.41) is 1.74. The largest absolute Gasteiger partial charge is 0.341 e. The third-order valence-electron chi connectivity index (χ3n) is 6.27. The maximum absolute atomic E-state index is 5.14. The van der Waals surface area contributed by atoms with Gasteiger partial charge < -0.3 is 9.47 Å². The Morgan fingerprint density at radius 2 is 1.90 bits per heavy atom. The van der Waals surface area contributed by atoms with Gasteiger partial charge in [-0.2, -0.15) is 0 Å². The lowest BCUT2D eigenvalue weighted by Crippen LogP contribution is -2.28. The van der Waals surface area contributed by atoms with Gasteiger partial charge in [-0.15, -0.1) is 0 Å². The van der Waals surface area contributed by atoms with Crippen molar-refractivity contribution in [1.82, 2.24) is 14.5 Å². The molecule has 2 aliphatic heterocycles. The average molecular weight is 417 g/mol. The zero-order valence-electron chi connectivity index (χ0n) is 18.0. The Balaban J connectivity index is 1.59. The van der Waals surface area contributed by atoms with Crippen molar-refractivity contribution in [3.63, 3.8) is 0 Å². The van der Waals surface area contributed by atoms with Gasteiger partial charge in [0.1, 0.15) is 6.04 Å². The topological polar surface area (TPSA) is 33.4 Å². The Labute approximate surface area is 183 Å². The van der Waals surface area contributed by atoms with E-state index in [0.717, 1.165) is 18.7 Å². The van der Waals surface area contributed by atoms with Crippen LogP contribution in [0.1, 0.15) is 54.1 Å². The van der Waals surface area contributed by atoms with Gasteiger partial charge in [-0.1, -0.05) is 43.8 Å². The van der Waals surface area contributed by atoms with Gasteiger partial charge in [-0.3, -0.25) is 9.98 Å². The van der Waals surface area contributed by atoms with E-state index in [4.69, 9.17) is 4.99 Å². The zero-order chi connectivity index (χ0) is 20.8. The summed E-state index contributed by atoms with van der Waals surface area (Å²) in [6.45, 7) is 9.97. The fourth-order valence-corrected chi connectivity index (χ4v) is 5.91. The van der Waals surface area contributed by atoms with Crippen molar-refractivity contribution in [3.8, 4) is 5.69 Å². The van der Waals surface area contributed by atoms with Crippen LogP contribution in [0, 0.1) is 13.8 Å². The van der Waals surface area contributed by atoms with Crippen molar-refractivity contribution in [2.45, 2.75) is 51.4 Å². The van der Waals surface area contributed by atoms with Gasteiger partial charge in [0, 0.05) is 35.1 Å². The highest BCUT2D eigenvalue weighted by Crippen LogP contribution is 2.48. The maximum Gasteiger partial charge on any atom is 0.160 e. The van der Waals surface area contributed by atoms with E-state index in [9.17, 15) is 0 Å². The number of fused-ring (bicyclic) bond motifs is 1. The van der Waals surface area contributed by atoms with Crippen LogP contribution >= 0.6 is 11.8 Å². The van der Waals surface area contributed by atoms with E-state index in [2.05, 4.69) is 84.6 Å². The van der Waals surface area contributed by atoms with Gasteiger partial charge in [-0.05, 0) is 61.7 Å². The van der Waals surface area contributed by atoms with Crippen molar-refractivity contribution < 1.29 is 0 Å². The number of rotatable bonds is 4. The summed E-state index contributed by atoms with van der Waals surface area (Å²) in [5.74, 6) is 0. The lowest BCUT2D eigenvalue weighted by atomic mass is 9.96. The van der Waals surface area contributed by atoms with Gasteiger partial charge in [0.05, 0.1) is 11.7 Å². The number of hydrogen-bond acceptors (Lipinski definition) is 4. The molecular weight excluding hydrogens is 388 g/mol. The summed E-state index contributed by atoms with van der Waals surface area (Å²) in [7, 11) is 0. The fraction of sp³-hybridized carbons (Fsp3) is 0.360. The molecule has 5 rings (SSSR count). The molecule has 0 spiro atoms. The van der Waals surface area contributed by atoms with Gasteiger partial charge in [-0.25, -0.2) is 0 Å². The van der Waals surface area contributed by atoms with E-state index in [1.807, 2.05) is 24.0 Å². The van der Waals surface area contributed by atoms with Crippen LogP contribution in [0.15, 0.2) is 59.7 Å². The van der Waals surface area contributed by atoms with Gasteiger partial charge in [0.15, 0.2) is 5.17 Å². The standard InChI is InChI=1S/C25H28N4S/c1-5-19-9-11-20(12-10-19)29-16(2)14-21(18(29)4)24-23(22-8-6-7-13-26-22)27-25-28(24)15-17(3)30-25/h6-14,17,23-24H,5,15H2,1-4H3/t17-,23-,24+/m0/s1. The number of benzene rings is 1. The molecule has 5 heteroatoms. The molecule has 3 aromatic rings. The highest BCUT2D eigenvalue weighted by atomic mass is 32.2. The van der Waals surface area contributed by atoms with Crippen LogP contribution in [-0.2, 0) is 6.42 Å². The number of aromatic nitrogens is 2. The van der Waals surface area contributed by atoms with Crippen LogP contribution in [-0.4, -0.2) is 31.4 Å². The summed E-state index contributed by atoms with van der Waals surface area (Å²) in [6.07, 6.45) is 2.94. The van der Waals surface area contributed by atoms with Crippen molar-refractivity contribution in [1.29, 1.82) is 0 Å². The van der Waals surface area contributed by atoms with E-state index >= 15 is 0 Å². The van der Waals surface area contributed by atoms with Crippen LogP contribution in [0.2, 0.25) is 0 Å². The molecule has 0 N–H and O–H groups in total. The molecule has 2 aromatic heterocycles. The molecule has 1 saturated heterocycles. The van der Waals surface area contributed by atoms with Crippen molar-refractivity contribution in [2.24, 2.45) is 4.99 Å². The van der Waals surface area contributed by atoms with E-state index in [1.54, 1.807) is 0 Å². The molecule has 1 fully saturated rings. The van der Waals surface area contributed by atoms with Crippen LogP contribution in [0.4, 0.5) is 0 Å². The molecule has 0 unspecified atom stereocenters. The minimum Gasteiger partial charge on any atom is -0.341 e. The molecule has 3 atom stereocenters. The molecule has 30 heavy (non-hydrogen) atoms. The second-order valence-corrected chi connectivity index (χ2v) is 9.72. The van der Waals surface area contributed by atoms with Gasteiger partial charge in [0.25, 0.3) is 0 Å². The summed E-state index contributed by atoms with van der Waals surface area (Å²) in [6, 6.07) is 17.7. The average Bonchev–Trinajstić information content (AvgIpc) is 3.38. The van der Waals surface area contributed by atoms with Crippen molar-refractivity contribution in [2.75, 3.05) is 6.54 Å². The normalized spacial score (nSPS) is 23.0. The molecule has 2 aliphatic rings. The molecule has 0 saturated carbocycles. The molecule has 0 aliphatic carbocycles. The molecule has 4 heterocycles. The summed E-state index contributed by atoms with van der Waals surface area (Å²) in [4.78, 5) is 12.3. The van der Waals surface area contributed by atoms with Crippen LogP contribution in [0.5, 0.6) is 0 Å². The fourth-order valence-electron chi connectivity index (χ4n) is 4.82. The van der Waals surface area contributed by atoms with Crippen molar-refractivity contribution >= 4 is 16.9 Å². The number of aryl methyl sites for hydroxylation is 2. The number of nitrogens with zero attached hydrogens (tertiary/aromatic N) is 4. The minimum absolute atomic E-state index is 0.0395. The quantitative estimate of drug-likeness (QED) is 0.552. The highest BCUT2D eigenvalue weighted by Gasteiger charge is 2.44. The second-order valence-electron chi connectivity index (χ2n) is 8.32. The smallest absolute Gasteiger partial charge is 0.160 e. The minimum atomic E-state index is 0.0395. The Morgan fingerprint density at radius 3 is 2.60 bits per heavy atom. The molecule has 0 amide bonds. The summed E-state index contributed by atoms with van der Waals surface area (Å²) < 4.78 is 2.38. The maximum atomic E-state index is 5.14. The van der Waals surface area contributed by atoms with E-state index in [0.29, 0.717) is 5.25 Å². The monoisotopic (exact) mass is 416 g/mol. The lowest BCUT2D eigenvalue weighted by Gasteiger charge is -2.27. The Hall–Kier alpha value is -2.53. The first kappa shape index (κ1) is 19.4. The Kier molecular flexibility index (Phi) is 4.94. The molecular formula is C25H28N4S. The third-order valence-corrected chi connectivity index (χ3v) is 7.38. The summed E-state index contributed by atoms with van der Waals surface area (Å²) in [5.41, 5.74) is 7.56.